The van der Waals surface area contributed by atoms with Gasteiger partial charge < -0.3 is 10.1 Å². The fourth-order valence-corrected chi connectivity index (χ4v) is 4.40. The van der Waals surface area contributed by atoms with Gasteiger partial charge in [-0.05, 0) is 48.6 Å². The van der Waals surface area contributed by atoms with Crippen LogP contribution in [0.2, 0.25) is 0 Å². The molecule has 2 aromatic rings. The van der Waals surface area contributed by atoms with Gasteiger partial charge in [0.2, 0.25) is 0 Å². The van der Waals surface area contributed by atoms with Crippen LogP contribution < -0.4 is 10.1 Å². The van der Waals surface area contributed by atoms with E-state index >= 15 is 0 Å². The number of nitrogens with one attached hydrogen (secondary N) is 1. The summed E-state index contributed by atoms with van der Waals surface area (Å²) >= 11 is 1.78. The lowest BCUT2D eigenvalue weighted by Gasteiger charge is -2.40. The highest BCUT2D eigenvalue weighted by atomic mass is 32.1. The standard InChI is InChI=1S/C16H19NOS/c1-3-11-7-8-19-16(11)15(6-1)18-14-9-12-4-2-5-13(10-14)17-12/h1,3,6-8,12-14,17H,2,4-5,9-10H2/t12-,13-/m0/s1. The maximum absolute atomic E-state index is 6.33. The van der Waals surface area contributed by atoms with Crippen molar-refractivity contribution in [1.29, 1.82) is 0 Å². The number of hydrogen-bond acceptors (Lipinski definition) is 3. The third kappa shape index (κ3) is 2.26. The topological polar surface area (TPSA) is 21.3 Å². The van der Waals surface area contributed by atoms with Crippen LogP contribution >= 0.6 is 11.3 Å². The van der Waals surface area contributed by atoms with E-state index in [9.17, 15) is 0 Å². The van der Waals surface area contributed by atoms with Crippen LogP contribution in [0, 0.1) is 0 Å². The molecule has 3 heterocycles. The largest absolute Gasteiger partial charge is 0.489 e. The summed E-state index contributed by atoms with van der Waals surface area (Å²) in [6.45, 7) is 0. The number of thiophene rings is 1. The highest BCUT2D eigenvalue weighted by molar-refractivity contribution is 7.17. The molecule has 0 unspecified atom stereocenters. The predicted molar refractivity (Wildman–Crippen MR) is 80.0 cm³/mol. The zero-order chi connectivity index (χ0) is 12.7. The molecule has 3 heteroatoms. The van der Waals surface area contributed by atoms with Crippen molar-refractivity contribution in [3.63, 3.8) is 0 Å². The molecule has 1 aromatic heterocycles. The molecule has 0 aliphatic carbocycles. The van der Waals surface area contributed by atoms with Gasteiger partial charge in [-0.3, -0.25) is 0 Å². The molecule has 19 heavy (non-hydrogen) atoms. The minimum Gasteiger partial charge on any atom is -0.489 e. The number of fused-ring (bicyclic) bond motifs is 3. The third-order valence-electron chi connectivity index (χ3n) is 4.41. The summed E-state index contributed by atoms with van der Waals surface area (Å²) in [5.74, 6) is 1.08. The maximum atomic E-state index is 6.33. The van der Waals surface area contributed by atoms with E-state index in [0.717, 1.165) is 18.6 Å². The highest BCUT2D eigenvalue weighted by Crippen LogP contribution is 2.34. The van der Waals surface area contributed by atoms with Crippen LogP contribution in [-0.4, -0.2) is 18.2 Å². The van der Waals surface area contributed by atoms with E-state index in [1.54, 1.807) is 11.3 Å². The second kappa shape index (κ2) is 4.80. The lowest BCUT2D eigenvalue weighted by molar-refractivity contribution is 0.0941. The van der Waals surface area contributed by atoms with E-state index in [2.05, 4.69) is 35.0 Å². The van der Waals surface area contributed by atoms with Crippen molar-refractivity contribution in [2.75, 3.05) is 0 Å². The Hall–Kier alpha value is -1.06. The Morgan fingerprint density at radius 3 is 2.79 bits per heavy atom. The number of hydrogen-bond donors (Lipinski definition) is 1. The molecule has 2 fully saturated rings. The Labute approximate surface area is 117 Å². The minimum absolute atomic E-state index is 0.393. The SMILES string of the molecule is c1cc(OC2C[C@@H]3CCC[C@@H](C2)N3)c2sccc2c1. The number of piperidine rings is 2. The minimum atomic E-state index is 0.393. The molecule has 2 bridgehead atoms. The molecule has 0 saturated carbocycles. The van der Waals surface area contributed by atoms with Crippen LogP contribution in [0.3, 0.4) is 0 Å². The van der Waals surface area contributed by atoms with Gasteiger partial charge in [-0.25, -0.2) is 0 Å². The summed E-state index contributed by atoms with van der Waals surface area (Å²) in [6, 6.07) is 9.92. The van der Waals surface area contributed by atoms with E-state index in [1.807, 2.05) is 0 Å². The molecular formula is C16H19NOS. The van der Waals surface area contributed by atoms with Crippen LogP contribution in [0.5, 0.6) is 5.75 Å². The number of ether oxygens (including phenoxy) is 1. The van der Waals surface area contributed by atoms with Gasteiger partial charge in [-0.2, -0.15) is 0 Å². The van der Waals surface area contributed by atoms with E-state index in [1.165, 1.54) is 29.3 Å². The first-order chi connectivity index (χ1) is 9.38. The van der Waals surface area contributed by atoms with E-state index in [4.69, 9.17) is 4.74 Å². The van der Waals surface area contributed by atoms with Crippen LogP contribution in [-0.2, 0) is 0 Å². The van der Waals surface area contributed by atoms with Crippen molar-refractivity contribution in [3.05, 3.63) is 29.6 Å². The van der Waals surface area contributed by atoms with Crippen LogP contribution in [0.25, 0.3) is 10.1 Å². The average molecular weight is 273 g/mol. The molecule has 2 aliphatic heterocycles. The van der Waals surface area contributed by atoms with Gasteiger partial charge in [-0.15, -0.1) is 11.3 Å². The molecule has 0 amide bonds. The van der Waals surface area contributed by atoms with E-state index in [-0.39, 0.29) is 0 Å². The zero-order valence-electron chi connectivity index (χ0n) is 11.0. The third-order valence-corrected chi connectivity index (χ3v) is 5.35. The van der Waals surface area contributed by atoms with Gasteiger partial charge in [0.05, 0.1) is 4.70 Å². The molecule has 0 radical (unpaired) electrons. The van der Waals surface area contributed by atoms with Crippen molar-refractivity contribution >= 4 is 21.4 Å². The normalized spacial score (nSPS) is 30.4. The molecule has 2 nitrogen and oxygen atoms in total. The monoisotopic (exact) mass is 273 g/mol. The van der Waals surface area contributed by atoms with Crippen molar-refractivity contribution in [1.82, 2.24) is 5.32 Å². The maximum Gasteiger partial charge on any atom is 0.137 e. The van der Waals surface area contributed by atoms with Gasteiger partial charge in [0.15, 0.2) is 0 Å². The van der Waals surface area contributed by atoms with Gasteiger partial charge in [0.25, 0.3) is 0 Å². The average Bonchev–Trinajstić information content (AvgIpc) is 2.88. The Balaban J connectivity index is 1.56. The molecule has 4 rings (SSSR count). The van der Waals surface area contributed by atoms with Crippen molar-refractivity contribution in [2.45, 2.75) is 50.3 Å². The molecule has 2 atom stereocenters. The number of rotatable bonds is 2. The van der Waals surface area contributed by atoms with Gasteiger partial charge in [0, 0.05) is 12.1 Å². The Kier molecular flexibility index (Phi) is 2.97. The van der Waals surface area contributed by atoms with Crippen LogP contribution in [0.15, 0.2) is 29.6 Å². The van der Waals surface area contributed by atoms with Gasteiger partial charge in [-0.1, -0.05) is 18.6 Å². The first kappa shape index (κ1) is 11.7. The number of benzene rings is 1. The molecule has 0 spiro atoms. The first-order valence-electron chi connectivity index (χ1n) is 7.27. The first-order valence-corrected chi connectivity index (χ1v) is 8.15. The molecule has 2 saturated heterocycles. The molecule has 100 valence electrons. The van der Waals surface area contributed by atoms with Crippen LogP contribution in [0.1, 0.15) is 32.1 Å². The molecule has 1 aromatic carbocycles. The summed E-state index contributed by atoms with van der Waals surface area (Å²) < 4.78 is 7.63. The molecule has 1 N–H and O–H groups in total. The second-order valence-corrected chi connectivity index (χ2v) is 6.71. The second-order valence-electron chi connectivity index (χ2n) is 5.80. The lowest BCUT2D eigenvalue weighted by Crippen LogP contribution is -2.51. The molecule has 2 aliphatic rings. The zero-order valence-corrected chi connectivity index (χ0v) is 11.8. The van der Waals surface area contributed by atoms with Crippen molar-refractivity contribution < 1.29 is 4.74 Å². The van der Waals surface area contributed by atoms with E-state index < -0.39 is 0 Å². The fraction of sp³-hybridized carbons (Fsp3) is 0.500. The van der Waals surface area contributed by atoms with Crippen LogP contribution in [0.4, 0.5) is 0 Å². The summed E-state index contributed by atoms with van der Waals surface area (Å²) in [7, 11) is 0. The van der Waals surface area contributed by atoms with Gasteiger partial charge >= 0.3 is 0 Å². The summed E-state index contributed by atoms with van der Waals surface area (Å²) in [6.07, 6.45) is 6.75. The Morgan fingerprint density at radius 1 is 1.11 bits per heavy atom. The summed E-state index contributed by atoms with van der Waals surface area (Å²) in [5, 5.41) is 7.17. The Bertz CT molecular complexity index is 567. The van der Waals surface area contributed by atoms with Gasteiger partial charge in [0.1, 0.15) is 11.9 Å². The lowest BCUT2D eigenvalue weighted by atomic mass is 9.85. The molecular weight excluding hydrogens is 254 g/mol. The fourth-order valence-electron chi connectivity index (χ4n) is 3.55. The highest BCUT2D eigenvalue weighted by Gasteiger charge is 2.32. The smallest absolute Gasteiger partial charge is 0.137 e. The van der Waals surface area contributed by atoms with Crippen molar-refractivity contribution in [2.24, 2.45) is 0 Å². The Morgan fingerprint density at radius 2 is 1.95 bits per heavy atom. The van der Waals surface area contributed by atoms with Crippen molar-refractivity contribution in [3.8, 4) is 5.75 Å². The van der Waals surface area contributed by atoms with E-state index in [0.29, 0.717) is 18.2 Å². The summed E-state index contributed by atoms with van der Waals surface area (Å²) in [5.41, 5.74) is 0. The quantitative estimate of drug-likeness (QED) is 0.894. The predicted octanol–water partition coefficient (Wildman–Crippen LogP) is 3.95. The summed E-state index contributed by atoms with van der Waals surface area (Å²) in [4.78, 5) is 0.